The number of amides is 1. The van der Waals surface area contributed by atoms with Crippen molar-refractivity contribution in [2.75, 3.05) is 24.9 Å². The van der Waals surface area contributed by atoms with E-state index in [2.05, 4.69) is 20.8 Å². The quantitative estimate of drug-likeness (QED) is 0.692. The van der Waals surface area contributed by atoms with Gasteiger partial charge in [0.25, 0.3) is 5.91 Å². The monoisotopic (exact) mass is 364 g/mol. The average Bonchev–Trinajstić information content (AvgIpc) is 2.70. The van der Waals surface area contributed by atoms with Crippen molar-refractivity contribution in [3.63, 3.8) is 0 Å². The van der Waals surface area contributed by atoms with Gasteiger partial charge in [0, 0.05) is 11.8 Å². The zero-order chi connectivity index (χ0) is 19.2. The molecule has 3 rings (SSSR count). The molecule has 27 heavy (non-hydrogen) atoms. The van der Waals surface area contributed by atoms with Crippen molar-refractivity contribution in [3.05, 3.63) is 65.9 Å². The van der Waals surface area contributed by atoms with Gasteiger partial charge in [0.2, 0.25) is 0 Å². The third kappa shape index (κ3) is 4.33. The molecule has 0 aliphatic rings. The van der Waals surface area contributed by atoms with Gasteiger partial charge in [-0.15, -0.1) is 10.2 Å². The Balaban J connectivity index is 1.74. The van der Waals surface area contributed by atoms with Crippen molar-refractivity contribution in [1.29, 1.82) is 0 Å². The molecule has 1 heterocycles. The predicted molar refractivity (Wildman–Crippen MR) is 104 cm³/mol. The fraction of sp³-hybridized carbons (Fsp3) is 0.150. The zero-order valence-corrected chi connectivity index (χ0v) is 15.3. The van der Waals surface area contributed by atoms with Crippen molar-refractivity contribution < 1.29 is 14.3 Å². The molecule has 3 aromatic rings. The van der Waals surface area contributed by atoms with E-state index in [-0.39, 0.29) is 11.6 Å². The van der Waals surface area contributed by atoms with E-state index in [0.717, 1.165) is 11.3 Å². The Bertz CT molecular complexity index is 942. The SMILES string of the molecule is COc1ccc(OC)c(Nc2ccc(C(=O)Nc3ccccc3C)nn2)c1. The summed E-state index contributed by atoms with van der Waals surface area (Å²) in [7, 11) is 3.17. The van der Waals surface area contributed by atoms with E-state index in [1.54, 1.807) is 44.6 Å². The van der Waals surface area contributed by atoms with Crippen molar-refractivity contribution in [2.24, 2.45) is 0 Å². The lowest BCUT2D eigenvalue weighted by Gasteiger charge is -2.12. The Morgan fingerprint density at radius 3 is 2.41 bits per heavy atom. The number of aromatic nitrogens is 2. The van der Waals surface area contributed by atoms with Crippen LogP contribution in [0.1, 0.15) is 16.1 Å². The van der Waals surface area contributed by atoms with Gasteiger partial charge >= 0.3 is 0 Å². The van der Waals surface area contributed by atoms with Crippen LogP contribution >= 0.6 is 0 Å². The molecule has 0 atom stereocenters. The number of nitrogens with one attached hydrogen (secondary N) is 2. The Labute approximate surface area is 157 Å². The fourth-order valence-electron chi connectivity index (χ4n) is 2.47. The number of para-hydroxylation sites is 1. The van der Waals surface area contributed by atoms with Gasteiger partial charge in [-0.2, -0.15) is 0 Å². The minimum absolute atomic E-state index is 0.224. The predicted octanol–water partition coefficient (Wildman–Crippen LogP) is 3.80. The van der Waals surface area contributed by atoms with Crippen LogP contribution in [0.25, 0.3) is 0 Å². The van der Waals surface area contributed by atoms with Crippen LogP contribution in [0.3, 0.4) is 0 Å². The minimum Gasteiger partial charge on any atom is -0.497 e. The summed E-state index contributed by atoms with van der Waals surface area (Å²) in [5.74, 6) is 1.48. The highest BCUT2D eigenvalue weighted by Crippen LogP contribution is 2.30. The highest BCUT2D eigenvalue weighted by atomic mass is 16.5. The van der Waals surface area contributed by atoms with E-state index in [1.165, 1.54) is 0 Å². The van der Waals surface area contributed by atoms with Crippen LogP contribution in [-0.2, 0) is 0 Å². The first-order chi connectivity index (χ1) is 13.1. The molecule has 0 spiro atoms. The van der Waals surface area contributed by atoms with Crippen molar-refractivity contribution >= 4 is 23.1 Å². The standard InChI is InChI=1S/C20H20N4O3/c1-13-6-4-5-7-15(13)22-20(25)16-9-11-19(24-23-16)21-17-12-14(26-2)8-10-18(17)27-3/h4-12H,1-3H3,(H,21,24)(H,22,25). The largest absolute Gasteiger partial charge is 0.497 e. The number of methoxy groups -OCH3 is 2. The minimum atomic E-state index is -0.317. The summed E-state index contributed by atoms with van der Waals surface area (Å²) in [6.07, 6.45) is 0. The third-order valence-corrected chi connectivity index (χ3v) is 3.96. The third-order valence-electron chi connectivity index (χ3n) is 3.96. The van der Waals surface area contributed by atoms with Crippen LogP contribution in [0, 0.1) is 6.92 Å². The number of ether oxygens (including phenoxy) is 2. The molecule has 7 heteroatoms. The van der Waals surface area contributed by atoms with Gasteiger partial charge in [-0.3, -0.25) is 4.79 Å². The van der Waals surface area contributed by atoms with E-state index in [0.29, 0.717) is 23.0 Å². The van der Waals surface area contributed by atoms with Crippen molar-refractivity contribution in [2.45, 2.75) is 6.92 Å². The molecule has 2 N–H and O–H groups in total. The second kappa shape index (κ2) is 8.18. The maximum Gasteiger partial charge on any atom is 0.276 e. The first kappa shape index (κ1) is 18.2. The van der Waals surface area contributed by atoms with Gasteiger partial charge in [-0.25, -0.2) is 0 Å². The highest BCUT2D eigenvalue weighted by Gasteiger charge is 2.11. The molecule has 0 aliphatic heterocycles. The first-order valence-corrected chi connectivity index (χ1v) is 8.30. The Kier molecular flexibility index (Phi) is 5.51. The lowest BCUT2D eigenvalue weighted by Crippen LogP contribution is -2.15. The smallest absolute Gasteiger partial charge is 0.276 e. The van der Waals surface area contributed by atoms with Crippen LogP contribution in [0.4, 0.5) is 17.2 Å². The average molecular weight is 364 g/mol. The van der Waals surface area contributed by atoms with Crippen LogP contribution in [0.15, 0.2) is 54.6 Å². The topological polar surface area (TPSA) is 85.4 Å². The fourth-order valence-corrected chi connectivity index (χ4v) is 2.47. The summed E-state index contributed by atoms with van der Waals surface area (Å²) in [5.41, 5.74) is 2.62. The lowest BCUT2D eigenvalue weighted by molar-refractivity contribution is 0.102. The molecule has 7 nitrogen and oxygen atoms in total. The summed E-state index contributed by atoms with van der Waals surface area (Å²) >= 11 is 0. The molecule has 138 valence electrons. The molecule has 0 unspecified atom stereocenters. The van der Waals surface area contributed by atoms with E-state index < -0.39 is 0 Å². The molecule has 0 radical (unpaired) electrons. The molecule has 0 saturated heterocycles. The number of carbonyl (C=O) groups is 1. The van der Waals surface area contributed by atoms with Gasteiger partial charge in [0.15, 0.2) is 11.5 Å². The Hall–Kier alpha value is -3.61. The molecular formula is C20H20N4O3. The molecule has 0 aliphatic carbocycles. The number of carbonyl (C=O) groups excluding carboxylic acids is 1. The summed E-state index contributed by atoms with van der Waals surface area (Å²) in [5, 5.41) is 14.0. The maximum atomic E-state index is 12.3. The van der Waals surface area contributed by atoms with Gasteiger partial charge in [-0.1, -0.05) is 18.2 Å². The number of benzene rings is 2. The van der Waals surface area contributed by atoms with Gasteiger partial charge < -0.3 is 20.1 Å². The van der Waals surface area contributed by atoms with Crippen LogP contribution < -0.4 is 20.1 Å². The molecule has 1 amide bonds. The van der Waals surface area contributed by atoms with E-state index in [4.69, 9.17) is 9.47 Å². The van der Waals surface area contributed by atoms with E-state index in [1.807, 2.05) is 31.2 Å². The molecule has 0 bridgehead atoms. The summed E-state index contributed by atoms with van der Waals surface area (Å²) in [6, 6.07) is 16.2. The van der Waals surface area contributed by atoms with E-state index >= 15 is 0 Å². The normalized spacial score (nSPS) is 10.2. The molecular weight excluding hydrogens is 344 g/mol. The number of nitrogens with zero attached hydrogens (tertiary/aromatic N) is 2. The van der Waals surface area contributed by atoms with Crippen LogP contribution in [0.5, 0.6) is 11.5 Å². The maximum absolute atomic E-state index is 12.3. The Morgan fingerprint density at radius 1 is 0.926 bits per heavy atom. The zero-order valence-electron chi connectivity index (χ0n) is 15.3. The molecule has 2 aromatic carbocycles. The second-order valence-electron chi connectivity index (χ2n) is 5.76. The number of hydrogen-bond acceptors (Lipinski definition) is 6. The number of anilines is 3. The van der Waals surface area contributed by atoms with Crippen molar-refractivity contribution in [3.8, 4) is 11.5 Å². The highest BCUT2D eigenvalue weighted by molar-refractivity contribution is 6.03. The summed E-state index contributed by atoms with van der Waals surface area (Å²) in [6.45, 7) is 1.93. The summed E-state index contributed by atoms with van der Waals surface area (Å²) in [4.78, 5) is 12.3. The van der Waals surface area contributed by atoms with Gasteiger partial charge in [-0.05, 0) is 42.8 Å². The van der Waals surface area contributed by atoms with Crippen LogP contribution in [-0.4, -0.2) is 30.3 Å². The van der Waals surface area contributed by atoms with E-state index in [9.17, 15) is 4.79 Å². The molecule has 0 fully saturated rings. The van der Waals surface area contributed by atoms with Gasteiger partial charge in [0.1, 0.15) is 11.5 Å². The number of rotatable bonds is 6. The first-order valence-electron chi connectivity index (χ1n) is 8.30. The lowest BCUT2D eigenvalue weighted by atomic mass is 10.2. The number of hydrogen-bond donors (Lipinski definition) is 2. The van der Waals surface area contributed by atoms with Crippen molar-refractivity contribution in [1.82, 2.24) is 10.2 Å². The second-order valence-corrected chi connectivity index (χ2v) is 5.76. The Morgan fingerprint density at radius 2 is 1.74 bits per heavy atom. The molecule has 1 aromatic heterocycles. The summed E-state index contributed by atoms with van der Waals surface area (Å²) < 4.78 is 10.6. The van der Waals surface area contributed by atoms with Gasteiger partial charge in [0.05, 0.1) is 19.9 Å². The van der Waals surface area contributed by atoms with Crippen LogP contribution in [0.2, 0.25) is 0 Å². The molecule has 0 saturated carbocycles. The number of aryl methyl sites for hydroxylation is 1.